The Morgan fingerprint density at radius 1 is 1.03 bits per heavy atom. The maximum atomic E-state index is 10.8. The molecule has 0 unspecified atom stereocenters. The summed E-state index contributed by atoms with van der Waals surface area (Å²) in [5, 5.41) is 12.8. The molecular formula is C27H32O3Si. The van der Waals surface area contributed by atoms with Gasteiger partial charge in [0.05, 0.1) is 12.7 Å². The van der Waals surface area contributed by atoms with Gasteiger partial charge in [-0.2, -0.15) is 0 Å². The van der Waals surface area contributed by atoms with Gasteiger partial charge in [-0.05, 0) is 15.4 Å². The van der Waals surface area contributed by atoms with E-state index in [2.05, 4.69) is 70.7 Å². The highest BCUT2D eigenvalue weighted by Gasteiger charge is 2.63. The number of ether oxygens (including phenoxy) is 1. The molecule has 3 rings (SSSR count). The van der Waals surface area contributed by atoms with Gasteiger partial charge in [-0.25, -0.2) is 0 Å². The smallest absolute Gasteiger partial charge is 0.261 e. The van der Waals surface area contributed by atoms with Crippen molar-refractivity contribution in [1.29, 1.82) is 0 Å². The van der Waals surface area contributed by atoms with Crippen molar-refractivity contribution in [2.45, 2.75) is 57.5 Å². The summed E-state index contributed by atoms with van der Waals surface area (Å²) in [5.41, 5.74) is -1.86. The molecule has 0 aromatic heterocycles. The van der Waals surface area contributed by atoms with Crippen LogP contribution < -0.4 is 10.4 Å². The van der Waals surface area contributed by atoms with E-state index in [0.717, 1.165) is 10.4 Å². The van der Waals surface area contributed by atoms with Gasteiger partial charge in [-0.15, -0.1) is 12.8 Å². The molecular weight excluding hydrogens is 400 g/mol. The largest absolute Gasteiger partial charge is 0.400 e. The van der Waals surface area contributed by atoms with Crippen molar-refractivity contribution >= 4 is 18.7 Å². The lowest BCUT2D eigenvalue weighted by Gasteiger charge is -2.48. The number of aliphatic hydroxyl groups excluding tert-OH is 1. The van der Waals surface area contributed by atoms with Crippen LogP contribution in [0.3, 0.4) is 0 Å². The molecule has 4 heteroatoms. The van der Waals surface area contributed by atoms with Crippen LogP contribution in [0, 0.1) is 30.1 Å². The first-order valence-electron chi connectivity index (χ1n) is 10.6. The molecule has 1 saturated heterocycles. The number of aliphatic hydroxyl groups is 1. The Morgan fingerprint density at radius 2 is 1.52 bits per heavy atom. The van der Waals surface area contributed by atoms with E-state index >= 15 is 0 Å². The Morgan fingerprint density at radius 3 is 1.90 bits per heavy atom. The normalized spacial score (nSPS) is 24.2. The minimum absolute atomic E-state index is 0.240. The van der Waals surface area contributed by atoms with Gasteiger partial charge in [0.2, 0.25) is 0 Å². The molecule has 0 aliphatic carbocycles. The van der Waals surface area contributed by atoms with Crippen molar-refractivity contribution in [2.24, 2.45) is 5.41 Å². The van der Waals surface area contributed by atoms with Crippen molar-refractivity contribution < 1.29 is 14.3 Å². The molecule has 1 fully saturated rings. The second-order valence-electron chi connectivity index (χ2n) is 9.95. The van der Waals surface area contributed by atoms with Crippen molar-refractivity contribution in [3.63, 3.8) is 0 Å². The fraction of sp³-hybridized carbons (Fsp3) is 0.407. The molecule has 3 nitrogen and oxygen atoms in total. The van der Waals surface area contributed by atoms with Crippen LogP contribution in [0.15, 0.2) is 60.7 Å². The second kappa shape index (κ2) is 8.30. The highest BCUT2D eigenvalue weighted by Crippen LogP contribution is 2.47. The monoisotopic (exact) mass is 432 g/mol. The highest BCUT2D eigenvalue weighted by molar-refractivity contribution is 6.99. The summed E-state index contributed by atoms with van der Waals surface area (Å²) in [6.45, 7) is 11.1. The lowest BCUT2D eigenvalue weighted by Crippen LogP contribution is -2.70. The summed E-state index contributed by atoms with van der Waals surface area (Å²) in [7, 11) is -2.92. The maximum absolute atomic E-state index is 10.8. The molecule has 0 amide bonds. The fourth-order valence-corrected chi connectivity index (χ4v) is 9.56. The van der Waals surface area contributed by atoms with Gasteiger partial charge in [0, 0.05) is 5.41 Å². The zero-order valence-corrected chi connectivity index (χ0v) is 20.1. The van der Waals surface area contributed by atoms with Crippen molar-refractivity contribution in [1.82, 2.24) is 0 Å². The van der Waals surface area contributed by atoms with E-state index in [1.54, 1.807) is 0 Å². The average Bonchev–Trinajstić information content (AvgIpc) is 3.02. The van der Waals surface area contributed by atoms with Crippen LogP contribution in [0.25, 0.3) is 0 Å². The lowest BCUT2D eigenvalue weighted by atomic mass is 9.79. The molecule has 1 aliphatic rings. The third kappa shape index (κ3) is 3.75. The topological polar surface area (TPSA) is 38.7 Å². The third-order valence-corrected chi connectivity index (χ3v) is 11.3. The van der Waals surface area contributed by atoms with Crippen LogP contribution in [-0.4, -0.2) is 37.8 Å². The van der Waals surface area contributed by atoms with Crippen LogP contribution in [0.2, 0.25) is 5.04 Å². The van der Waals surface area contributed by atoms with E-state index < -0.39 is 31.5 Å². The number of benzene rings is 2. The maximum Gasteiger partial charge on any atom is 0.261 e. The summed E-state index contributed by atoms with van der Waals surface area (Å²) in [5.74, 6) is 5.09. The zero-order valence-electron chi connectivity index (χ0n) is 19.1. The molecule has 2 aromatic carbocycles. The van der Waals surface area contributed by atoms with Gasteiger partial charge in [0.15, 0.2) is 11.7 Å². The molecule has 1 aliphatic heterocycles. The van der Waals surface area contributed by atoms with E-state index in [0.29, 0.717) is 6.61 Å². The first kappa shape index (κ1) is 23.3. The summed E-state index contributed by atoms with van der Waals surface area (Å²) < 4.78 is 13.4. The molecule has 162 valence electrons. The molecule has 2 aromatic rings. The third-order valence-electron chi connectivity index (χ3n) is 6.28. The van der Waals surface area contributed by atoms with Crippen molar-refractivity contribution in [3.05, 3.63) is 60.7 Å². The molecule has 0 saturated carbocycles. The number of hydrogen-bond donors (Lipinski definition) is 1. The zero-order chi connectivity index (χ0) is 22.9. The van der Waals surface area contributed by atoms with Gasteiger partial charge in [-0.1, -0.05) is 107 Å². The van der Waals surface area contributed by atoms with Crippen LogP contribution in [0.1, 0.15) is 34.6 Å². The highest BCUT2D eigenvalue weighted by atomic mass is 28.4. The molecule has 0 spiro atoms. The predicted molar refractivity (Wildman–Crippen MR) is 129 cm³/mol. The Balaban J connectivity index is 2.31. The minimum atomic E-state index is -2.92. The molecule has 1 N–H and O–H groups in total. The van der Waals surface area contributed by atoms with Crippen LogP contribution in [-0.2, 0) is 9.16 Å². The number of rotatable bonds is 5. The van der Waals surface area contributed by atoms with Crippen LogP contribution in [0.5, 0.6) is 0 Å². The van der Waals surface area contributed by atoms with E-state index in [1.807, 2.05) is 36.4 Å². The fourth-order valence-electron chi connectivity index (χ4n) is 4.69. The summed E-state index contributed by atoms with van der Waals surface area (Å²) >= 11 is 0. The van der Waals surface area contributed by atoms with E-state index in [9.17, 15) is 5.11 Å². The van der Waals surface area contributed by atoms with Gasteiger partial charge in [0.1, 0.15) is 0 Å². The van der Waals surface area contributed by atoms with Gasteiger partial charge < -0.3 is 14.3 Å². The first-order valence-corrected chi connectivity index (χ1v) is 12.5. The van der Waals surface area contributed by atoms with E-state index in [4.69, 9.17) is 22.0 Å². The lowest BCUT2D eigenvalue weighted by molar-refractivity contribution is -0.0714. The van der Waals surface area contributed by atoms with Crippen LogP contribution in [0.4, 0.5) is 0 Å². The van der Waals surface area contributed by atoms with Gasteiger partial charge in [0.25, 0.3) is 8.32 Å². The predicted octanol–water partition coefficient (Wildman–Crippen LogP) is 3.35. The standard InChI is InChI=1S/C27H32O3Si/c1-8-23(28)27(9-2)24(26(6,7)20-29-27)30-31(25(3,4)5,21-16-12-10-13-17-21)22-18-14-11-15-19-22/h1-2,10-19,23-24,28H,20H2,3-7H3/t23-,24+,27-/m0/s1. The Labute approximate surface area is 187 Å². The molecule has 3 atom stereocenters. The van der Waals surface area contributed by atoms with E-state index in [-0.39, 0.29) is 5.04 Å². The summed E-state index contributed by atoms with van der Waals surface area (Å²) in [4.78, 5) is 0. The Kier molecular flexibility index (Phi) is 6.25. The van der Waals surface area contributed by atoms with Crippen molar-refractivity contribution in [2.75, 3.05) is 6.61 Å². The number of terminal acetylenes is 2. The van der Waals surface area contributed by atoms with Crippen LogP contribution >= 0.6 is 0 Å². The second-order valence-corrected chi connectivity index (χ2v) is 14.2. The van der Waals surface area contributed by atoms with Gasteiger partial charge >= 0.3 is 0 Å². The molecule has 0 radical (unpaired) electrons. The number of hydrogen-bond acceptors (Lipinski definition) is 3. The SMILES string of the molecule is C#C[C@H](O)[C@]1(C#C)OCC(C)(C)[C@H]1O[Si](c1ccccc1)(c1ccccc1)C(C)(C)C. The summed E-state index contributed by atoms with van der Waals surface area (Å²) in [6.07, 6.45) is 9.71. The van der Waals surface area contributed by atoms with Gasteiger partial charge in [-0.3, -0.25) is 0 Å². The Bertz CT molecular complexity index is 940. The minimum Gasteiger partial charge on any atom is -0.400 e. The average molecular weight is 433 g/mol. The first-order chi connectivity index (χ1) is 14.5. The Hall–Kier alpha value is -2.34. The molecule has 1 heterocycles. The molecule has 0 bridgehead atoms. The molecule has 31 heavy (non-hydrogen) atoms. The van der Waals surface area contributed by atoms with E-state index in [1.165, 1.54) is 0 Å². The summed E-state index contributed by atoms with van der Waals surface area (Å²) in [6, 6.07) is 20.7. The quantitative estimate of drug-likeness (QED) is 0.582. The van der Waals surface area contributed by atoms with Crippen molar-refractivity contribution in [3.8, 4) is 24.7 Å².